The van der Waals surface area contributed by atoms with E-state index in [1.807, 2.05) is 36.6 Å². The Balaban J connectivity index is 2.17. The number of hydrogen-bond acceptors (Lipinski definition) is 1. The minimum absolute atomic E-state index is 0.208. The summed E-state index contributed by atoms with van der Waals surface area (Å²) in [7, 11) is 0. The molecule has 0 radical (unpaired) electrons. The van der Waals surface area contributed by atoms with Crippen molar-refractivity contribution < 1.29 is 4.39 Å². The summed E-state index contributed by atoms with van der Waals surface area (Å²) >= 11 is 6.25. The minimum Gasteiger partial charge on any atom is -0.322 e. The highest BCUT2D eigenvalue weighted by molar-refractivity contribution is 6.20. The van der Waals surface area contributed by atoms with Crippen molar-refractivity contribution in [1.29, 1.82) is 0 Å². The minimum atomic E-state index is -0.232. The molecule has 0 amide bonds. The van der Waals surface area contributed by atoms with Crippen molar-refractivity contribution in [2.75, 3.05) is 0 Å². The van der Waals surface area contributed by atoms with Gasteiger partial charge in [-0.15, -0.1) is 11.6 Å². The highest BCUT2D eigenvalue weighted by Gasteiger charge is 2.16. The Labute approximate surface area is 128 Å². The number of aromatic nitrogens is 2. The molecule has 0 fully saturated rings. The second-order valence-electron chi connectivity index (χ2n) is 5.26. The number of fused-ring (bicyclic) bond motifs is 1. The lowest BCUT2D eigenvalue weighted by Crippen LogP contribution is -2.07. The average molecular weight is 303 g/mol. The molecule has 1 aromatic heterocycles. The van der Waals surface area contributed by atoms with E-state index in [4.69, 9.17) is 11.6 Å². The SMILES string of the molecule is Cc1ccc2nc(C(C)Cl)n(Cc3ccccc3F)c2c1. The van der Waals surface area contributed by atoms with Gasteiger partial charge in [0.2, 0.25) is 0 Å². The van der Waals surface area contributed by atoms with Gasteiger partial charge in [0, 0.05) is 5.56 Å². The monoisotopic (exact) mass is 302 g/mol. The van der Waals surface area contributed by atoms with Gasteiger partial charge < -0.3 is 4.57 Å². The number of rotatable bonds is 3. The first-order chi connectivity index (χ1) is 10.1. The summed E-state index contributed by atoms with van der Waals surface area (Å²) in [6.07, 6.45) is 0. The van der Waals surface area contributed by atoms with Crippen molar-refractivity contribution in [1.82, 2.24) is 9.55 Å². The lowest BCUT2D eigenvalue weighted by Gasteiger charge is -2.11. The summed E-state index contributed by atoms with van der Waals surface area (Å²) < 4.78 is 15.9. The molecule has 2 aromatic carbocycles. The zero-order valence-corrected chi connectivity index (χ0v) is 12.7. The molecule has 3 rings (SSSR count). The van der Waals surface area contributed by atoms with E-state index in [0.29, 0.717) is 12.1 Å². The Morgan fingerprint density at radius 1 is 1.24 bits per heavy atom. The summed E-state index contributed by atoms with van der Waals surface area (Å²) in [5.74, 6) is 0.556. The van der Waals surface area contributed by atoms with Crippen molar-refractivity contribution in [2.45, 2.75) is 25.8 Å². The van der Waals surface area contributed by atoms with Gasteiger partial charge >= 0.3 is 0 Å². The van der Waals surface area contributed by atoms with Crippen molar-refractivity contribution in [2.24, 2.45) is 0 Å². The van der Waals surface area contributed by atoms with Crippen LogP contribution in [-0.2, 0) is 6.54 Å². The Bertz CT molecular complexity index is 793. The van der Waals surface area contributed by atoms with Crippen LogP contribution >= 0.6 is 11.6 Å². The third-order valence-electron chi connectivity index (χ3n) is 3.58. The number of hydrogen-bond donors (Lipinski definition) is 0. The predicted octanol–water partition coefficient (Wildman–Crippen LogP) is 4.83. The van der Waals surface area contributed by atoms with Crippen LogP contribution in [0.4, 0.5) is 4.39 Å². The molecule has 108 valence electrons. The highest BCUT2D eigenvalue weighted by Crippen LogP contribution is 2.26. The van der Waals surface area contributed by atoms with E-state index in [-0.39, 0.29) is 11.2 Å². The molecule has 4 heteroatoms. The van der Waals surface area contributed by atoms with Crippen LogP contribution in [0.5, 0.6) is 0 Å². The molecular weight excluding hydrogens is 287 g/mol. The summed E-state index contributed by atoms with van der Waals surface area (Å²) in [5, 5.41) is -0.232. The molecule has 0 N–H and O–H groups in total. The van der Waals surface area contributed by atoms with Gasteiger partial charge in [-0.3, -0.25) is 0 Å². The number of nitrogens with zero attached hydrogens (tertiary/aromatic N) is 2. The molecule has 0 aliphatic heterocycles. The molecule has 0 aliphatic rings. The number of imidazole rings is 1. The molecule has 1 atom stereocenters. The van der Waals surface area contributed by atoms with Crippen molar-refractivity contribution in [3.63, 3.8) is 0 Å². The standard InChI is InChI=1S/C17H16ClFN2/c1-11-7-8-15-16(9-11)21(17(20-15)12(2)18)10-13-5-3-4-6-14(13)19/h3-9,12H,10H2,1-2H3. The summed E-state index contributed by atoms with van der Waals surface area (Å²) in [6.45, 7) is 4.34. The lowest BCUT2D eigenvalue weighted by molar-refractivity contribution is 0.597. The number of halogens is 2. The van der Waals surface area contributed by atoms with E-state index in [1.165, 1.54) is 6.07 Å². The molecule has 2 nitrogen and oxygen atoms in total. The fourth-order valence-electron chi connectivity index (χ4n) is 2.52. The van der Waals surface area contributed by atoms with Gasteiger partial charge in [-0.1, -0.05) is 24.3 Å². The average Bonchev–Trinajstić information content (AvgIpc) is 2.80. The molecule has 21 heavy (non-hydrogen) atoms. The molecule has 0 bridgehead atoms. The summed E-state index contributed by atoms with van der Waals surface area (Å²) in [4.78, 5) is 4.59. The summed E-state index contributed by atoms with van der Waals surface area (Å²) in [6, 6.07) is 12.9. The van der Waals surface area contributed by atoms with Crippen molar-refractivity contribution >= 4 is 22.6 Å². The fraction of sp³-hybridized carbons (Fsp3) is 0.235. The van der Waals surface area contributed by atoms with Gasteiger partial charge in [-0.25, -0.2) is 9.37 Å². The first-order valence-corrected chi connectivity index (χ1v) is 7.34. The van der Waals surface area contributed by atoms with Gasteiger partial charge in [-0.2, -0.15) is 0 Å². The van der Waals surface area contributed by atoms with Gasteiger partial charge in [0.25, 0.3) is 0 Å². The third-order valence-corrected chi connectivity index (χ3v) is 3.77. The van der Waals surface area contributed by atoms with Gasteiger partial charge in [0.15, 0.2) is 0 Å². The molecular formula is C17H16ClFN2. The van der Waals surface area contributed by atoms with Crippen LogP contribution in [0.25, 0.3) is 11.0 Å². The third kappa shape index (κ3) is 2.66. The van der Waals surface area contributed by atoms with Gasteiger partial charge in [0.1, 0.15) is 11.6 Å². The topological polar surface area (TPSA) is 17.8 Å². The normalized spacial score (nSPS) is 12.8. The van der Waals surface area contributed by atoms with E-state index >= 15 is 0 Å². The Kier molecular flexibility index (Phi) is 3.68. The zero-order valence-electron chi connectivity index (χ0n) is 12.0. The fourth-order valence-corrected chi connectivity index (χ4v) is 2.68. The maximum Gasteiger partial charge on any atom is 0.128 e. The van der Waals surface area contributed by atoms with Crippen LogP contribution < -0.4 is 0 Å². The number of alkyl halides is 1. The van der Waals surface area contributed by atoms with Crippen LogP contribution in [0.2, 0.25) is 0 Å². The van der Waals surface area contributed by atoms with Crippen LogP contribution in [0, 0.1) is 12.7 Å². The molecule has 1 unspecified atom stereocenters. The van der Waals surface area contributed by atoms with Crippen molar-refractivity contribution in [3.8, 4) is 0 Å². The maximum atomic E-state index is 13.9. The molecule has 0 saturated carbocycles. The van der Waals surface area contributed by atoms with E-state index in [0.717, 1.165) is 22.4 Å². The Hall–Kier alpha value is -1.87. The Morgan fingerprint density at radius 2 is 2.00 bits per heavy atom. The molecule has 0 spiro atoms. The van der Waals surface area contributed by atoms with Gasteiger partial charge in [-0.05, 0) is 37.6 Å². The van der Waals surface area contributed by atoms with Crippen LogP contribution in [-0.4, -0.2) is 9.55 Å². The molecule has 0 saturated heterocycles. The van der Waals surface area contributed by atoms with E-state index in [1.54, 1.807) is 12.1 Å². The van der Waals surface area contributed by atoms with E-state index in [2.05, 4.69) is 11.1 Å². The second-order valence-corrected chi connectivity index (χ2v) is 5.91. The molecule has 1 heterocycles. The lowest BCUT2D eigenvalue weighted by atomic mass is 10.2. The van der Waals surface area contributed by atoms with Gasteiger partial charge in [0.05, 0.1) is 23.0 Å². The second kappa shape index (κ2) is 5.49. The van der Waals surface area contributed by atoms with Crippen LogP contribution in [0.3, 0.4) is 0 Å². The number of benzene rings is 2. The largest absolute Gasteiger partial charge is 0.322 e. The quantitative estimate of drug-likeness (QED) is 0.634. The predicted molar refractivity (Wildman–Crippen MR) is 84.2 cm³/mol. The summed E-state index contributed by atoms with van der Waals surface area (Å²) in [5.41, 5.74) is 3.66. The first-order valence-electron chi connectivity index (χ1n) is 6.90. The molecule has 0 aliphatic carbocycles. The first kappa shape index (κ1) is 14.1. The van der Waals surface area contributed by atoms with Crippen LogP contribution in [0.15, 0.2) is 42.5 Å². The van der Waals surface area contributed by atoms with Crippen molar-refractivity contribution in [3.05, 3.63) is 65.2 Å². The maximum absolute atomic E-state index is 13.9. The Morgan fingerprint density at radius 3 is 2.71 bits per heavy atom. The molecule has 3 aromatic rings. The zero-order chi connectivity index (χ0) is 15.0. The number of aryl methyl sites for hydroxylation is 1. The smallest absolute Gasteiger partial charge is 0.128 e. The van der Waals surface area contributed by atoms with E-state index in [9.17, 15) is 4.39 Å². The highest BCUT2D eigenvalue weighted by atomic mass is 35.5. The van der Waals surface area contributed by atoms with E-state index < -0.39 is 0 Å². The van der Waals surface area contributed by atoms with Crippen LogP contribution in [0.1, 0.15) is 29.3 Å².